The predicted octanol–water partition coefficient (Wildman–Crippen LogP) is 4.82. The van der Waals surface area contributed by atoms with Crippen molar-refractivity contribution in [3.8, 4) is 0 Å². The van der Waals surface area contributed by atoms with Crippen molar-refractivity contribution in [3.05, 3.63) is 84.3 Å². The van der Waals surface area contributed by atoms with Crippen LogP contribution >= 0.6 is 11.3 Å². The monoisotopic (exact) mass is 454 g/mol. The topological polar surface area (TPSA) is 80.5 Å². The summed E-state index contributed by atoms with van der Waals surface area (Å²) in [7, 11) is -3.29. The molecule has 2 aromatic heterocycles. The van der Waals surface area contributed by atoms with Gasteiger partial charge in [-0.3, -0.25) is 9.69 Å². The first-order valence-electron chi connectivity index (χ1n) is 9.93. The maximum Gasteiger partial charge on any atom is 0.229 e. The van der Waals surface area contributed by atoms with Crippen molar-refractivity contribution in [3.63, 3.8) is 0 Å². The van der Waals surface area contributed by atoms with E-state index in [-0.39, 0.29) is 36.8 Å². The number of carbonyl (C=O) groups excluding carboxylic acids is 1. The summed E-state index contributed by atoms with van der Waals surface area (Å²) in [4.78, 5) is 19.2. The molecule has 2 aromatic carbocycles. The van der Waals surface area contributed by atoms with Crippen LogP contribution in [-0.4, -0.2) is 25.1 Å². The molecular formula is C23H22N2O4S2. The number of furan rings is 1. The second-order valence-corrected chi connectivity index (χ2v) is 10.4. The first-order chi connectivity index (χ1) is 15.0. The molecule has 0 fully saturated rings. The Hall–Kier alpha value is -2.97. The van der Waals surface area contributed by atoms with Gasteiger partial charge < -0.3 is 4.42 Å². The van der Waals surface area contributed by atoms with Crippen molar-refractivity contribution in [1.29, 1.82) is 0 Å². The number of benzene rings is 2. The van der Waals surface area contributed by atoms with Gasteiger partial charge >= 0.3 is 0 Å². The molecule has 160 valence electrons. The van der Waals surface area contributed by atoms with Crippen LogP contribution in [-0.2, 0) is 26.9 Å². The van der Waals surface area contributed by atoms with Crippen LogP contribution in [0.4, 0.5) is 5.13 Å². The molecular weight excluding hydrogens is 432 g/mol. The average molecular weight is 455 g/mol. The predicted molar refractivity (Wildman–Crippen MR) is 123 cm³/mol. The SMILES string of the molecule is O=C(CCCS(=O)(=O)Cc1ccccc1)N(Cc1ccco1)c1nc2ccccc2s1. The van der Waals surface area contributed by atoms with Gasteiger partial charge in [0.1, 0.15) is 5.76 Å². The summed E-state index contributed by atoms with van der Waals surface area (Å²) < 4.78 is 31.3. The number of carbonyl (C=O) groups is 1. The van der Waals surface area contributed by atoms with Gasteiger partial charge in [0.25, 0.3) is 0 Å². The van der Waals surface area contributed by atoms with E-state index >= 15 is 0 Å². The van der Waals surface area contributed by atoms with Crippen LogP contribution in [0.5, 0.6) is 0 Å². The number of aromatic nitrogens is 1. The van der Waals surface area contributed by atoms with Gasteiger partial charge in [0, 0.05) is 6.42 Å². The van der Waals surface area contributed by atoms with Crippen molar-refractivity contribution in [2.45, 2.75) is 25.1 Å². The summed E-state index contributed by atoms with van der Waals surface area (Å²) in [5.74, 6) is 0.410. The van der Waals surface area contributed by atoms with Gasteiger partial charge in [-0.05, 0) is 36.2 Å². The first kappa shape index (κ1) is 21.3. The number of sulfone groups is 1. The van der Waals surface area contributed by atoms with Crippen molar-refractivity contribution in [1.82, 2.24) is 4.98 Å². The lowest BCUT2D eigenvalue weighted by atomic mass is 10.2. The summed E-state index contributed by atoms with van der Waals surface area (Å²) >= 11 is 1.43. The molecule has 6 nitrogen and oxygen atoms in total. The molecule has 0 saturated carbocycles. The van der Waals surface area contributed by atoms with E-state index in [2.05, 4.69) is 4.98 Å². The summed E-state index contributed by atoms with van der Waals surface area (Å²) in [6.45, 7) is 0.252. The smallest absolute Gasteiger partial charge is 0.229 e. The molecule has 0 aliphatic heterocycles. The Labute approximate surface area is 185 Å². The Morgan fingerprint density at radius 1 is 1.00 bits per heavy atom. The fourth-order valence-electron chi connectivity index (χ4n) is 3.27. The molecule has 0 unspecified atom stereocenters. The molecule has 0 atom stereocenters. The van der Waals surface area contributed by atoms with Crippen LogP contribution in [0.25, 0.3) is 10.2 Å². The maximum atomic E-state index is 13.0. The summed E-state index contributed by atoms with van der Waals surface area (Å²) in [6, 6.07) is 20.3. The van der Waals surface area contributed by atoms with Gasteiger partial charge in [-0.25, -0.2) is 13.4 Å². The number of anilines is 1. The standard InChI is InChI=1S/C23H22N2O4S2/c26-22(13-7-15-31(27,28)17-18-8-2-1-3-9-18)25(16-19-10-6-14-29-19)23-24-20-11-4-5-12-21(20)30-23/h1-6,8-12,14H,7,13,15-17H2. The number of para-hydroxylation sites is 1. The van der Waals surface area contributed by atoms with Crippen LogP contribution in [0.15, 0.2) is 77.4 Å². The molecule has 0 aliphatic carbocycles. The van der Waals surface area contributed by atoms with Crippen molar-refractivity contribution in [2.24, 2.45) is 0 Å². The molecule has 8 heteroatoms. The minimum Gasteiger partial charge on any atom is -0.467 e. The molecule has 0 N–H and O–H groups in total. The lowest BCUT2D eigenvalue weighted by Crippen LogP contribution is -2.30. The quantitative estimate of drug-likeness (QED) is 0.362. The molecule has 0 bridgehead atoms. The summed E-state index contributed by atoms with van der Waals surface area (Å²) in [5, 5.41) is 0.578. The fraction of sp³-hybridized carbons (Fsp3) is 0.217. The van der Waals surface area contributed by atoms with E-state index in [1.54, 1.807) is 35.4 Å². The van der Waals surface area contributed by atoms with Gasteiger partial charge in [-0.1, -0.05) is 53.8 Å². The van der Waals surface area contributed by atoms with E-state index < -0.39 is 9.84 Å². The number of amides is 1. The highest BCUT2D eigenvalue weighted by Crippen LogP contribution is 2.30. The van der Waals surface area contributed by atoms with Crippen LogP contribution in [0.2, 0.25) is 0 Å². The third kappa shape index (κ3) is 5.59. The fourth-order valence-corrected chi connectivity index (χ4v) is 5.69. The third-order valence-corrected chi connectivity index (χ3v) is 7.53. The minimum absolute atomic E-state index is 0.0178. The van der Waals surface area contributed by atoms with E-state index in [4.69, 9.17) is 4.42 Å². The second kappa shape index (κ2) is 9.45. The summed E-state index contributed by atoms with van der Waals surface area (Å²) in [6.07, 6.45) is 1.94. The van der Waals surface area contributed by atoms with Gasteiger partial charge in [0.15, 0.2) is 15.0 Å². The number of nitrogens with zero attached hydrogens (tertiary/aromatic N) is 2. The zero-order valence-electron chi connectivity index (χ0n) is 16.8. The number of hydrogen-bond acceptors (Lipinski definition) is 6. The van der Waals surface area contributed by atoms with Crippen molar-refractivity contribution < 1.29 is 17.6 Å². The third-order valence-electron chi connectivity index (χ3n) is 4.78. The Morgan fingerprint density at radius 2 is 1.77 bits per heavy atom. The molecule has 0 radical (unpaired) electrons. The normalized spacial score (nSPS) is 11.6. The van der Waals surface area contributed by atoms with Crippen LogP contribution in [0.3, 0.4) is 0 Å². The van der Waals surface area contributed by atoms with E-state index in [1.165, 1.54) is 11.3 Å². The lowest BCUT2D eigenvalue weighted by molar-refractivity contribution is -0.118. The molecule has 2 heterocycles. The number of thiazole rings is 1. The van der Waals surface area contributed by atoms with Gasteiger partial charge in [-0.15, -0.1) is 0 Å². The van der Waals surface area contributed by atoms with E-state index in [9.17, 15) is 13.2 Å². The van der Waals surface area contributed by atoms with E-state index in [0.717, 1.165) is 15.8 Å². The molecule has 4 aromatic rings. The average Bonchev–Trinajstić information content (AvgIpc) is 3.41. The van der Waals surface area contributed by atoms with Crippen LogP contribution in [0, 0.1) is 0 Å². The van der Waals surface area contributed by atoms with Gasteiger partial charge in [-0.2, -0.15) is 0 Å². The number of rotatable bonds is 9. The van der Waals surface area contributed by atoms with Crippen LogP contribution < -0.4 is 4.90 Å². The number of hydrogen-bond donors (Lipinski definition) is 0. The Balaban J connectivity index is 1.44. The van der Waals surface area contributed by atoms with Crippen LogP contribution in [0.1, 0.15) is 24.2 Å². The summed E-state index contributed by atoms with van der Waals surface area (Å²) in [5.41, 5.74) is 1.58. The molecule has 0 saturated heterocycles. The van der Waals surface area contributed by atoms with Crippen molar-refractivity contribution >= 4 is 42.4 Å². The van der Waals surface area contributed by atoms with Crippen molar-refractivity contribution in [2.75, 3.05) is 10.7 Å². The second-order valence-electron chi connectivity index (χ2n) is 7.20. The zero-order valence-corrected chi connectivity index (χ0v) is 18.4. The molecule has 0 spiro atoms. The largest absolute Gasteiger partial charge is 0.467 e. The van der Waals surface area contributed by atoms with Gasteiger partial charge in [0.05, 0.1) is 34.5 Å². The van der Waals surface area contributed by atoms with E-state index in [0.29, 0.717) is 10.9 Å². The Kier molecular flexibility index (Phi) is 6.48. The van der Waals surface area contributed by atoms with E-state index in [1.807, 2.05) is 42.5 Å². The van der Waals surface area contributed by atoms with Gasteiger partial charge in [0.2, 0.25) is 5.91 Å². The maximum absolute atomic E-state index is 13.0. The molecule has 0 aliphatic rings. The molecule has 1 amide bonds. The molecule has 31 heavy (non-hydrogen) atoms. The lowest BCUT2D eigenvalue weighted by Gasteiger charge is -2.18. The number of fused-ring (bicyclic) bond motifs is 1. The Bertz CT molecular complexity index is 1220. The highest BCUT2D eigenvalue weighted by atomic mass is 32.2. The highest BCUT2D eigenvalue weighted by Gasteiger charge is 2.22. The minimum atomic E-state index is -3.29. The highest BCUT2D eigenvalue weighted by molar-refractivity contribution is 7.90. The molecule has 4 rings (SSSR count). The first-order valence-corrected chi connectivity index (χ1v) is 12.6. The Morgan fingerprint density at radius 3 is 2.52 bits per heavy atom. The zero-order chi connectivity index (χ0) is 21.7.